The van der Waals surface area contributed by atoms with E-state index in [2.05, 4.69) is 15.2 Å². The van der Waals surface area contributed by atoms with Crippen LogP contribution in [0.2, 0.25) is 5.02 Å². The van der Waals surface area contributed by atoms with Crippen LogP contribution in [0.5, 0.6) is 5.75 Å². The highest BCUT2D eigenvalue weighted by Gasteiger charge is 2.22. The van der Waals surface area contributed by atoms with E-state index < -0.39 is 9.84 Å². The standard InChI is InChI=1S/C14H10ClN3O3S/c1-21-10-3-5-11(6-4-10)22(19,20)14-16-12-7-2-9(15)8-13(12)17-18-14/h2-8H,1H3. The van der Waals surface area contributed by atoms with E-state index in [0.717, 1.165) is 0 Å². The average molecular weight is 336 g/mol. The SMILES string of the molecule is COc1ccc(S(=O)(=O)c2nnc3cc(Cl)ccc3n2)cc1. The van der Waals surface area contributed by atoms with Gasteiger partial charge in [-0.15, -0.1) is 10.2 Å². The highest BCUT2D eigenvalue weighted by molar-refractivity contribution is 7.91. The lowest BCUT2D eigenvalue weighted by Gasteiger charge is -2.05. The Kier molecular flexibility index (Phi) is 3.67. The van der Waals surface area contributed by atoms with Crippen LogP contribution < -0.4 is 4.74 Å². The van der Waals surface area contributed by atoms with E-state index in [0.29, 0.717) is 21.8 Å². The average Bonchev–Trinajstić information content (AvgIpc) is 2.54. The largest absolute Gasteiger partial charge is 0.497 e. The molecule has 0 saturated carbocycles. The fourth-order valence-corrected chi connectivity index (χ4v) is 3.11. The fraction of sp³-hybridized carbons (Fsp3) is 0.0714. The molecule has 0 unspecified atom stereocenters. The summed E-state index contributed by atoms with van der Waals surface area (Å²) >= 11 is 5.85. The molecule has 1 aromatic heterocycles. The Labute approximate surface area is 131 Å². The summed E-state index contributed by atoms with van der Waals surface area (Å²) in [5.41, 5.74) is 0.840. The predicted molar refractivity (Wildman–Crippen MR) is 80.8 cm³/mol. The van der Waals surface area contributed by atoms with E-state index >= 15 is 0 Å². The molecule has 0 bridgehead atoms. The van der Waals surface area contributed by atoms with Gasteiger partial charge in [0, 0.05) is 5.02 Å². The smallest absolute Gasteiger partial charge is 0.272 e. The molecule has 0 fully saturated rings. The number of aromatic nitrogens is 3. The summed E-state index contributed by atoms with van der Waals surface area (Å²) in [7, 11) is -2.33. The van der Waals surface area contributed by atoms with Gasteiger partial charge in [0.1, 0.15) is 11.3 Å². The van der Waals surface area contributed by atoms with Crippen molar-refractivity contribution >= 4 is 32.5 Å². The van der Waals surface area contributed by atoms with Crippen molar-refractivity contribution in [3.8, 4) is 5.75 Å². The summed E-state index contributed by atoms with van der Waals surface area (Å²) in [4.78, 5) is 4.13. The molecule has 0 atom stereocenters. The number of methoxy groups -OCH3 is 1. The molecule has 0 aliphatic heterocycles. The third-order valence-corrected chi connectivity index (χ3v) is 4.79. The predicted octanol–water partition coefficient (Wildman–Crippen LogP) is 2.52. The molecule has 3 aromatic rings. The number of fused-ring (bicyclic) bond motifs is 1. The second kappa shape index (κ2) is 5.51. The van der Waals surface area contributed by atoms with E-state index in [-0.39, 0.29) is 10.1 Å². The molecule has 0 aliphatic carbocycles. The molecule has 0 aliphatic rings. The normalized spacial score (nSPS) is 11.5. The summed E-state index contributed by atoms with van der Waals surface area (Å²) in [5, 5.41) is 7.69. The molecule has 0 amide bonds. The number of sulfone groups is 1. The van der Waals surface area contributed by atoms with E-state index in [1.54, 1.807) is 30.3 Å². The van der Waals surface area contributed by atoms with Gasteiger partial charge in [-0.25, -0.2) is 13.4 Å². The quantitative estimate of drug-likeness (QED) is 0.731. The summed E-state index contributed by atoms with van der Waals surface area (Å²) in [6.45, 7) is 0. The Morgan fingerprint density at radius 2 is 1.73 bits per heavy atom. The monoisotopic (exact) mass is 335 g/mol. The van der Waals surface area contributed by atoms with Gasteiger partial charge in [-0.05, 0) is 42.5 Å². The summed E-state index contributed by atoms with van der Waals surface area (Å²) in [6, 6.07) is 10.8. The van der Waals surface area contributed by atoms with Crippen molar-refractivity contribution in [3.63, 3.8) is 0 Å². The second-order valence-corrected chi connectivity index (χ2v) is 6.69. The molecular formula is C14H10ClN3O3S. The third kappa shape index (κ3) is 2.60. The molecule has 0 spiro atoms. The first kappa shape index (κ1) is 14.7. The van der Waals surface area contributed by atoms with Gasteiger partial charge in [0.05, 0.1) is 17.5 Å². The minimum Gasteiger partial charge on any atom is -0.497 e. The number of ether oxygens (including phenoxy) is 1. The van der Waals surface area contributed by atoms with Crippen LogP contribution >= 0.6 is 11.6 Å². The second-order valence-electron chi connectivity index (χ2n) is 4.41. The van der Waals surface area contributed by atoms with Crippen molar-refractivity contribution in [2.24, 2.45) is 0 Å². The van der Waals surface area contributed by atoms with Crippen molar-refractivity contribution in [3.05, 3.63) is 47.5 Å². The highest BCUT2D eigenvalue weighted by atomic mass is 35.5. The van der Waals surface area contributed by atoms with Crippen molar-refractivity contribution in [2.45, 2.75) is 10.1 Å². The first-order chi connectivity index (χ1) is 10.5. The van der Waals surface area contributed by atoms with Crippen molar-refractivity contribution in [2.75, 3.05) is 7.11 Å². The zero-order chi connectivity index (χ0) is 15.7. The maximum absolute atomic E-state index is 12.5. The van der Waals surface area contributed by atoms with Crippen molar-refractivity contribution in [1.29, 1.82) is 0 Å². The van der Waals surface area contributed by atoms with Crippen LogP contribution in [0.15, 0.2) is 52.5 Å². The summed E-state index contributed by atoms with van der Waals surface area (Å²) in [6.07, 6.45) is 0. The first-order valence-corrected chi connectivity index (χ1v) is 8.06. The van der Waals surface area contributed by atoms with Gasteiger partial charge in [-0.1, -0.05) is 11.6 Å². The third-order valence-electron chi connectivity index (χ3n) is 3.01. The van der Waals surface area contributed by atoms with Crippen LogP contribution in [0.4, 0.5) is 0 Å². The molecule has 0 N–H and O–H groups in total. The number of rotatable bonds is 3. The van der Waals surface area contributed by atoms with Crippen LogP contribution in [0.3, 0.4) is 0 Å². The number of hydrogen-bond donors (Lipinski definition) is 0. The maximum Gasteiger partial charge on any atom is 0.272 e. The van der Waals surface area contributed by atoms with E-state index in [9.17, 15) is 8.42 Å². The molecule has 1 heterocycles. The van der Waals surface area contributed by atoms with Crippen molar-refractivity contribution in [1.82, 2.24) is 15.2 Å². The minimum atomic E-state index is -3.84. The van der Waals surface area contributed by atoms with Crippen LogP contribution in [-0.4, -0.2) is 30.7 Å². The van der Waals surface area contributed by atoms with Crippen LogP contribution in [0, 0.1) is 0 Å². The minimum absolute atomic E-state index is 0.0726. The number of halogens is 1. The van der Waals surface area contributed by atoms with Gasteiger partial charge in [-0.3, -0.25) is 0 Å². The Balaban J connectivity index is 2.09. The Morgan fingerprint density at radius 1 is 1.00 bits per heavy atom. The van der Waals surface area contributed by atoms with E-state index in [1.165, 1.54) is 19.2 Å². The highest BCUT2D eigenvalue weighted by Crippen LogP contribution is 2.22. The zero-order valence-electron chi connectivity index (χ0n) is 11.4. The van der Waals surface area contributed by atoms with Gasteiger partial charge < -0.3 is 4.74 Å². The lowest BCUT2D eigenvalue weighted by atomic mass is 10.3. The van der Waals surface area contributed by atoms with Gasteiger partial charge in [0.15, 0.2) is 0 Å². The van der Waals surface area contributed by atoms with Gasteiger partial charge >= 0.3 is 0 Å². The molecule has 2 aromatic carbocycles. The van der Waals surface area contributed by atoms with Gasteiger partial charge in [0.25, 0.3) is 5.16 Å². The lowest BCUT2D eigenvalue weighted by molar-refractivity contribution is 0.414. The number of hydrogen-bond acceptors (Lipinski definition) is 6. The van der Waals surface area contributed by atoms with E-state index in [1.807, 2.05) is 0 Å². The van der Waals surface area contributed by atoms with Crippen LogP contribution in [0.25, 0.3) is 11.0 Å². The number of nitrogens with zero attached hydrogens (tertiary/aromatic N) is 3. The molecule has 112 valence electrons. The number of benzene rings is 2. The van der Waals surface area contributed by atoms with Crippen LogP contribution in [0.1, 0.15) is 0 Å². The lowest BCUT2D eigenvalue weighted by Crippen LogP contribution is -2.08. The van der Waals surface area contributed by atoms with Crippen LogP contribution in [-0.2, 0) is 9.84 Å². The summed E-state index contributed by atoms with van der Waals surface area (Å²) < 4.78 is 30.0. The summed E-state index contributed by atoms with van der Waals surface area (Å²) in [5.74, 6) is 0.561. The molecule has 22 heavy (non-hydrogen) atoms. The molecular weight excluding hydrogens is 326 g/mol. The van der Waals surface area contributed by atoms with Gasteiger partial charge in [0.2, 0.25) is 9.84 Å². The molecule has 0 saturated heterocycles. The Hall–Kier alpha value is -2.25. The fourth-order valence-electron chi connectivity index (χ4n) is 1.87. The van der Waals surface area contributed by atoms with Gasteiger partial charge in [-0.2, -0.15) is 0 Å². The first-order valence-electron chi connectivity index (χ1n) is 6.20. The maximum atomic E-state index is 12.5. The Morgan fingerprint density at radius 3 is 2.41 bits per heavy atom. The topological polar surface area (TPSA) is 82.0 Å². The molecule has 3 rings (SSSR count). The zero-order valence-corrected chi connectivity index (χ0v) is 13.0. The van der Waals surface area contributed by atoms with Crippen molar-refractivity contribution < 1.29 is 13.2 Å². The molecule has 0 radical (unpaired) electrons. The molecule has 8 heteroatoms. The Bertz CT molecular complexity index is 943. The molecule has 6 nitrogen and oxygen atoms in total. The van der Waals surface area contributed by atoms with E-state index in [4.69, 9.17) is 16.3 Å².